The number of rotatable bonds is 9. The van der Waals surface area contributed by atoms with Crippen molar-refractivity contribution in [2.45, 2.75) is 23.9 Å². The van der Waals surface area contributed by atoms with E-state index in [9.17, 15) is 18.9 Å². The molecule has 1 atom stereocenters. The Balaban J connectivity index is 1.62. The number of benzene rings is 3. The average molecular weight is 551 g/mol. The normalized spacial score (nSPS) is 11.9. The molecule has 1 heterocycles. The largest absolute Gasteiger partial charge is 0.486 e. The number of hydrogen-bond acceptors (Lipinski definition) is 6. The van der Waals surface area contributed by atoms with Crippen LogP contribution in [0.2, 0.25) is 10.0 Å². The molecule has 3 aromatic carbocycles. The van der Waals surface area contributed by atoms with Crippen LogP contribution < -0.4 is 4.74 Å². The van der Waals surface area contributed by atoms with Gasteiger partial charge in [-0.1, -0.05) is 53.2 Å². The van der Waals surface area contributed by atoms with E-state index in [1.807, 2.05) is 0 Å². The standard InChI is InChI=1S/C24H18Cl2F2N4O3S/c1-14-29-30-24(32(14)18-8-6-17(27)7-9-18)36-22(12-31(33)34)16-10-19(25)23(20(26)11-16)35-13-15-4-2-3-5-21(15)28/h2-11,22H,12-13H2,1H3/t22-/m1/s1. The summed E-state index contributed by atoms with van der Waals surface area (Å²) in [5.41, 5.74) is 1.40. The molecule has 12 heteroatoms. The molecule has 186 valence electrons. The minimum Gasteiger partial charge on any atom is -0.486 e. The molecule has 0 saturated carbocycles. The van der Waals surface area contributed by atoms with Crippen molar-refractivity contribution < 1.29 is 18.4 Å². The van der Waals surface area contributed by atoms with Crippen LogP contribution in [0.25, 0.3) is 5.69 Å². The van der Waals surface area contributed by atoms with Gasteiger partial charge in [0, 0.05) is 16.2 Å². The first kappa shape index (κ1) is 25.9. The number of thioether (sulfide) groups is 1. The molecular formula is C24H18Cl2F2N4O3S. The SMILES string of the molecule is Cc1nnc(S[C@H](C[N+](=O)[O-])c2cc(Cl)c(OCc3ccccc3F)c(Cl)c2)n1-c1ccc(F)cc1. The van der Waals surface area contributed by atoms with E-state index in [1.165, 1.54) is 30.3 Å². The van der Waals surface area contributed by atoms with Gasteiger partial charge in [-0.2, -0.15) is 0 Å². The first-order chi connectivity index (χ1) is 17.2. The summed E-state index contributed by atoms with van der Waals surface area (Å²) in [5.74, 6) is -0.159. The van der Waals surface area contributed by atoms with Crippen molar-refractivity contribution in [2.75, 3.05) is 6.54 Å². The molecule has 0 fully saturated rings. The Morgan fingerprint density at radius 1 is 1.08 bits per heavy atom. The fourth-order valence-electron chi connectivity index (χ4n) is 3.45. The van der Waals surface area contributed by atoms with Crippen molar-refractivity contribution in [1.82, 2.24) is 14.8 Å². The maximum Gasteiger partial charge on any atom is 0.220 e. The lowest BCUT2D eigenvalue weighted by molar-refractivity contribution is -0.479. The second-order valence-electron chi connectivity index (χ2n) is 7.66. The Morgan fingerprint density at radius 2 is 1.75 bits per heavy atom. The van der Waals surface area contributed by atoms with Crippen LogP contribution in [0.1, 0.15) is 22.2 Å². The summed E-state index contributed by atoms with van der Waals surface area (Å²) >= 11 is 13.9. The molecule has 0 aliphatic heterocycles. The Morgan fingerprint density at radius 3 is 2.39 bits per heavy atom. The van der Waals surface area contributed by atoms with E-state index in [0.29, 0.717) is 27.8 Å². The van der Waals surface area contributed by atoms with E-state index >= 15 is 0 Å². The van der Waals surface area contributed by atoms with Crippen LogP contribution in [0.15, 0.2) is 65.8 Å². The molecule has 0 radical (unpaired) electrons. The second kappa shape index (κ2) is 11.2. The molecule has 0 amide bonds. The summed E-state index contributed by atoms with van der Waals surface area (Å²) in [6.45, 7) is 1.17. The fourth-order valence-corrected chi connectivity index (χ4v) is 5.22. The first-order valence-corrected chi connectivity index (χ1v) is 12.2. The van der Waals surface area contributed by atoms with Gasteiger partial charge in [0.05, 0.1) is 10.0 Å². The van der Waals surface area contributed by atoms with Crippen molar-refractivity contribution in [3.8, 4) is 11.4 Å². The highest BCUT2D eigenvalue weighted by atomic mass is 35.5. The summed E-state index contributed by atoms with van der Waals surface area (Å²) in [7, 11) is 0. The van der Waals surface area contributed by atoms with Crippen LogP contribution in [-0.2, 0) is 6.61 Å². The molecule has 1 aromatic heterocycles. The van der Waals surface area contributed by atoms with Gasteiger partial charge in [0.15, 0.2) is 10.9 Å². The third-order valence-electron chi connectivity index (χ3n) is 5.16. The number of nitrogens with zero attached hydrogens (tertiary/aromatic N) is 4. The molecule has 36 heavy (non-hydrogen) atoms. The topological polar surface area (TPSA) is 83.1 Å². The lowest BCUT2D eigenvalue weighted by Crippen LogP contribution is -2.11. The minimum atomic E-state index is -0.738. The minimum absolute atomic E-state index is 0.0986. The maximum atomic E-state index is 13.9. The van der Waals surface area contributed by atoms with E-state index in [4.69, 9.17) is 27.9 Å². The zero-order valence-corrected chi connectivity index (χ0v) is 21.0. The second-order valence-corrected chi connectivity index (χ2v) is 9.64. The summed E-state index contributed by atoms with van der Waals surface area (Å²) in [4.78, 5) is 11.0. The molecule has 0 bridgehead atoms. The predicted octanol–water partition coefficient (Wildman–Crippen LogP) is 6.85. The van der Waals surface area contributed by atoms with Crippen LogP contribution in [0.4, 0.5) is 8.78 Å². The van der Waals surface area contributed by atoms with Crippen LogP contribution in [0.5, 0.6) is 5.75 Å². The Bertz CT molecular complexity index is 1380. The van der Waals surface area contributed by atoms with Gasteiger partial charge in [-0.25, -0.2) is 8.78 Å². The molecule has 4 rings (SSSR count). The maximum absolute atomic E-state index is 13.9. The monoisotopic (exact) mass is 550 g/mol. The smallest absolute Gasteiger partial charge is 0.220 e. The van der Waals surface area contributed by atoms with Gasteiger partial charge in [-0.15, -0.1) is 10.2 Å². The zero-order chi connectivity index (χ0) is 25.8. The molecule has 0 aliphatic carbocycles. The molecule has 7 nitrogen and oxygen atoms in total. The quantitative estimate of drug-likeness (QED) is 0.129. The molecule has 0 unspecified atom stereocenters. The highest BCUT2D eigenvalue weighted by Gasteiger charge is 2.26. The van der Waals surface area contributed by atoms with Crippen molar-refractivity contribution in [3.63, 3.8) is 0 Å². The highest BCUT2D eigenvalue weighted by molar-refractivity contribution is 7.99. The zero-order valence-electron chi connectivity index (χ0n) is 18.7. The Kier molecular flexibility index (Phi) is 8.07. The number of nitro groups is 1. The van der Waals surface area contributed by atoms with Gasteiger partial charge >= 0.3 is 0 Å². The summed E-state index contributed by atoms with van der Waals surface area (Å²) in [6, 6.07) is 14.9. The van der Waals surface area contributed by atoms with Gasteiger partial charge in [-0.05, 0) is 55.0 Å². The summed E-state index contributed by atoms with van der Waals surface area (Å²) in [5, 5.41) is 19.6. The molecule has 0 saturated heterocycles. The lowest BCUT2D eigenvalue weighted by Gasteiger charge is -2.17. The fraction of sp³-hybridized carbons (Fsp3) is 0.167. The number of halogens is 4. The predicted molar refractivity (Wildman–Crippen MR) is 134 cm³/mol. The summed E-state index contributed by atoms with van der Waals surface area (Å²) in [6.07, 6.45) is 0. The van der Waals surface area contributed by atoms with Crippen molar-refractivity contribution in [2.24, 2.45) is 0 Å². The van der Waals surface area contributed by atoms with Gasteiger partial charge in [0.2, 0.25) is 6.54 Å². The van der Waals surface area contributed by atoms with Crippen molar-refractivity contribution >= 4 is 35.0 Å². The molecule has 4 aromatic rings. The van der Waals surface area contributed by atoms with E-state index in [-0.39, 0.29) is 22.4 Å². The van der Waals surface area contributed by atoms with Gasteiger partial charge in [-0.3, -0.25) is 14.7 Å². The molecule has 0 N–H and O–H groups in total. The van der Waals surface area contributed by atoms with Crippen LogP contribution in [0.3, 0.4) is 0 Å². The molecule has 0 aliphatic rings. The van der Waals surface area contributed by atoms with Gasteiger partial charge in [0.1, 0.15) is 29.3 Å². The third-order valence-corrected chi connectivity index (χ3v) is 6.91. The van der Waals surface area contributed by atoms with Crippen LogP contribution >= 0.6 is 35.0 Å². The number of aromatic nitrogens is 3. The van der Waals surface area contributed by atoms with Gasteiger partial charge < -0.3 is 4.74 Å². The number of aryl methyl sites for hydroxylation is 1. The first-order valence-electron chi connectivity index (χ1n) is 10.5. The molecular weight excluding hydrogens is 533 g/mol. The highest BCUT2D eigenvalue weighted by Crippen LogP contribution is 2.42. The van der Waals surface area contributed by atoms with E-state index in [1.54, 1.807) is 41.8 Å². The van der Waals surface area contributed by atoms with Crippen LogP contribution in [0, 0.1) is 28.7 Å². The van der Waals surface area contributed by atoms with Crippen molar-refractivity contribution in [1.29, 1.82) is 0 Å². The third kappa shape index (κ3) is 5.95. The number of ether oxygens (including phenoxy) is 1. The van der Waals surface area contributed by atoms with E-state index in [0.717, 1.165) is 11.8 Å². The molecule has 0 spiro atoms. The van der Waals surface area contributed by atoms with Gasteiger partial charge in [0.25, 0.3) is 0 Å². The number of hydrogen-bond donors (Lipinski definition) is 0. The van der Waals surface area contributed by atoms with Crippen molar-refractivity contribution in [3.05, 3.63) is 109 Å². The average Bonchev–Trinajstić information content (AvgIpc) is 3.19. The Hall–Kier alpha value is -3.21. The van der Waals surface area contributed by atoms with E-state index in [2.05, 4.69) is 10.2 Å². The Labute approximate surface area is 219 Å². The van der Waals surface area contributed by atoms with Crippen LogP contribution in [-0.4, -0.2) is 26.2 Å². The lowest BCUT2D eigenvalue weighted by atomic mass is 10.1. The van der Waals surface area contributed by atoms with E-state index < -0.39 is 28.4 Å². The summed E-state index contributed by atoms with van der Waals surface area (Å²) < 4.78 is 34.7.